The second-order valence-corrected chi connectivity index (χ2v) is 8.28. The number of carbonyl (C=O) groups is 2. The molecular formula is C24H24N2O6S. The molecule has 0 saturated heterocycles. The van der Waals surface area contributed by atoms with Crippen LogP contribution >= 0.6 is 11.3 Å². The summed E-state index contributed by atoms with van der Waals surface area (Å²) in [5.41, 5.74) is 1.66. The molecule has 33 heavy (non-hydrogen) atoms. The molecule has 3 heterocycles. The van der Waals surface area contributed by atoms with Gasteiger partial charge in [0.25, 0.3) is 5.91 Å². The van der Waals surface area contributed by atoms with E-state index in [1.165, 1.54) is 5.01 Å². The number of thiophene rings is 1. The Balaban J connectivity index is 1.48. The summed E-state index contributed by atoms with van der Waals surface area (Å²) in [5.74, 6) is 0.992. The van der Waals surface area contributed by atoms with Gasteiger partial charge in [-0.1, -0.05) is 12.1 Å². The first-order valence-electron chi connectivity index (χ1n) is 10.4. The molecule has 0 fully saturated rings. The Bertz CT molecular complexity index is 1120. The first-order valence-corrected chi connectivity index (χ1v) is 11.3. The Labute approximate surface area is 195 Å². The van der Waals surface area contributed by atoms with Crippen molar-refractivity contribution in [2.45, 2.75) is 25.3 Å². The van der Waals surface area contributed by atoms with Crippen LogP contribution in [0.25, 0.3) is 0 Å². The number of benzene rings is 1. The van der Waals surface area contributed by atoms with Crippen molar-refractivity contribution in [1.82, 2.24) is 5.01 Å². The van der Waals surface area contributed by atoms with E-state index in [4.69, 9.17) is 18.6 Å². The molecule has 3 aromatic rings. The summed E-state index contributed by atoms with van der Waals surface area (Å²) in [6.45, 7) is -0.387. The summed E-state index contributed by atoms with van der Waals surface area (Å²) in [6.07, 6.45) is 2.63. The molecule has 4 rings (SSSR count). The minimum absolute atomic E-state index is 0.129. The van der Waals surface area contributed by atoms with Gasteiger partial charge in [0, 0.05) is 12.8 Å². The molecule has 0 bridgehead atoms. The molecule has 0 aliphatic carbocycles. The molecule has 0 saturated carbocycles. The van der Waals surface area contributed by atoms with Crippen molar-refractivity contribution in [3.8, 4) is 11.5 Å². The van der Waals surface area contributed by atoms with Crippen molar-refractivity contribution in [2.24, 2.45) is 5.10 Å². The molecule has 1 atom stereocenters. The number of ether oxygens (including phenoxy) is 3. The molecule has 172 valence electrons. The van der Waals surface area contributed by atoms with Gasteiger partial charge in [-0.3, -0.25) is 9.59 Å². The van der Waals surface area contributed by atoms with Crippen LogP contribution in [0, 0.1) is 0 Å². The first kappa shape index (κ1) is 22.6. The number of hydrazone groups is 1. The summed E-state index contributed by atoms with van der Waals surface area (Å²) < 4.78 is 21.2. The van der Waals surface area contributed by atoms with Crippen molar-refractivity contribution < 1.29 is 28.2 Å². The highest BCUT2D eigenvalue weighted by molar-refractivity contribution is 7.12. The number of methoxy groups -OCH3 is 2. The average Bonchev–Trinajstić information content (AvgIpc) is 3.62. The van der Waals surface area contributed by atoms with Gasteiger partial charge in [0.2, 0.25) is 0 Å². The summed E-state index contributed by atoms with van der Waals surface area (Å²) >= 11 is 1.56. The van der Waals surface area contributed by atoms with E-state index in [2.05, 4.69) is 5.10 Å². The van der Waals surface area contributed by atoms with Crippen LogP contribution in [0.5, 0.6) is 11.5 Å². The van der Waals surface area contributed by atoms with Gasteiger partial charge in [-0.05, 0) is 41.3 Å². The summed E-state index contributed by atoms with van der Waals surface area (Å²) in [4.78, 5) is 26.1. The summed E-state index contributed by atoms with van der Waals surface area (Å²) in [5, 5.41) is 7.95. The molecule has 1 unspecified atom stereocenters. The predicted octanol–water partition coefficient (Wildman–Crippen LogP) is 4.21. The number of hydrogen-bond donors (Lipinski definition) is 0. The molecule has 1 aliphatic rings. The fourth-order valence-corrected chi connectivity index (χ4v) is 4.33. The van der Waals surface area contributed by atoms with Gasteiger partial charge in [0.05, 0.1) is 43.5 Å². The lowest BCUT2D eigenvalue weighted by Crippen LogP contribution is -2.31. The molecule has 9 heteroatoms. The minimum Gasteiger partial charge on any atom is -0.493 e. The van der Waals surface area contributed by atoms with E-state index in [9.17, 15) is 9.59 Å². The van der Waals surface area contributed by atoms with E-state index < -0.39 is 11.9 Å². The van der Waals surface area contributed by atoms with Crippen molar-refractivity contribution in [1.29, 1.82) is 0 Å². The molecule has 0 radical (unpaired) electrons. The quantitative estimate of drug-likeness (QED) is 0.437. The first-order chi connectivity index (χ1) is 16.1. The lowest BCUT2D eigenvalue weighted by Gasteiger charge is -2.22. The lowest BCUT2D eigenvalue weighted by atomic mass is 10.0. The largest absolute Gasteiger partial charge is 0.493 e. The zero-order valence-corrected chi connectivity index (χ0v) is 19.2. The Hall–Kier alpha value is -3.59. The zero-order valence-electron chi connectivity index (χ0n) is 18.4. The highest BCUT2D eigenvalue weighted by Crippen LogP contribution is 2.37. The molecule has 0 spiro atoms. The Kier molecular flexibility index (Phi) is 7.09. The van der Waals surface area contributed by atoms with Crippen molar-refractivity contribution in [2.75, 3.05) is 20.8 Å². The maximum absolute atomic E-state index is 13.0. The van der Waals surface area contributed by atoms with Gasteiger partial charge in [0.15, 0.2) is 18.1 Å². The topological polar surface area (TPSA) is 90.6 Å². The maximum atomic E-state index is 13.0. The van der Waals surface area contributed by atoms with Crippen LogP contribution < -0.4 is 9.47 Å². The van der Waals surface area contributed by atoms with Gasteiger partial charge < -0.3 is 18.6 Å². The number of rotatable bonds is 9. The van der Waals surface area contributed by atoms with Crippen LogP contribution in [-0.2, 0) is 20.7 Å². The van der Waals surface area contributed by atoms with Gasteiger partial charge in [-0.25, -0.2) is 5.01 Å². The second kappa shape index (κ2) is 10.4. The lowest BCUT2D eigenvalue weighted by molar-refractivity contribution is -0.152. The highest BCUT2D eigenvalue weighted by atomic mass is 32.1. The standard InChI is InChI=1S/C24H24N2O6S/c1-29-20-9-7-16(13-21(20)30-2)19-14-18(22-6-4-12-33-22)25-26(19)23(27)15-32-24(28)10-8-17-5-3-11-31-17/h3-7,9,11-13,19H,8,10,14-15H2,1-2H3. The number of hydrogen-bond acceptors (Lipinski definition) is 8. The van der Waals surface area contributed by atoms with Crippen LogP contribution in [0.3, 0.4) is 0 Å². The van der Waals surface area contributed by atoms with E-state index in [-0.39, 0.29) is 19.1 Å². The molecule has 1 aliphatic heterocycles. The number of furan rings is 1. The number of esters is 1. The van der Waals surface area contributed by atoms with Crippen molar-refractivity contribution in [3.63, 3.8) is 0 Å². The monoisotopic (exact) mass is 468 g/mol. The fourth-order valence-electron chi connectivity index (χ4n) is 3.61. The molecule has 0 N–H and O–H groups in total. The average molecular weight is 469 g/mol. The third-order valence-corrected chi connectivity index (χ3v) is 6.19. The van der Waals surface area contributed by atoms with Gasteiger partial charge in [-0.2, -0.15) is 5.10 Å². The number of carbonyl (C=O) groups excluding carboxylic acids is 2. The summed E-state index contributed by atoms with van der Waals surface area (Å²) in [6, 6.07) is 12.6. The van der Waals surface area contributed by atoms with Crippen molar-refractivity contribution >= 4 is 28.9 Å². The minimum atomic E-state index is -0.468. The van der Waals surface area contributed by atoms with Gasteiger partial charge in [-0.15, -0.1) is 11.3 Å². The molecular weight excluding hydrogens is 444 g/mol. The molecule has 1 amide bonds. The number of aryl methyl sites for hydroxylation is 1. The van der Waals surface area contributed by atoms with E-state index in [0.717, 1.165) is 16.2 Å². The van der Waals surface area contributed by atoms with Crippen LogP contribution in [0.1, 0.15) is 35.1 Å². The number of nitrogens with zero attached hydrogens (tertiary/aromatic N) is 2. The fraction of sp³-hybridized carbons (Fsp3) is 0.292. The van der Waals surface area contributed by atoms with Crippen LogP contribution in [0.4, 0.5) is 0 Å². The van der Waals surface area contributed by atoms with E-state index >= 15 is 0 Å². The Morgan fingerprint density at radius 3 is 2.70 bits per heavy atom. The molecule has 2 aromatic heterocycles. The van der Waals surface area contributed by atoms with Gasteiger partial charge >= 0.3 is 5.97 Å². The molecule has 1 aromatic carbocycles. The van der Waals surface area contributed by atoms with E-state index in [1.807, 2.05) is 29.6 Å². The Morgan fingerprint density at radius 1 is 1.15 bits per heavy atom. The maximum Gasteiger partial charge on any atom is 0.306 e. The van der Waals surface area contributed by atoms with Crippen LogP contribution in [-0.4, -0.2) is 43.4 Å². The predicted molar refractivity (Wildman–Crippen MR) is 123 cm³/mol. The number of amides is 1. The van der Waals surface area contributed by atoms with E-state index in [0.29, 0.717) is 30.1 Å². The third-order valence-electron chi connectivity index (χ3n) is 5.28. The SMILES string of the molecule is COc1ccc(C2CC(c3cccs3)=NN2C(=O)COC(=O)CCc2ccco2)cc1OC. The van der Waals surface area contributed by atoms with Crippen molar-refractivity contribution in [3.05, 3.63) is 70.3 Å². The van der Waals surface area contributed by atoms with Crippen LogP contribution in [0.15, 0.2) is 63.6 Å². The van der Waals surface area contributed by atoms with E-state index in [1.54, 1.807) is 50.0 Å². The Morgan fingerprint density at radius 2 is 2.00 bits per heavy atom. The summed E-state index contributed by atoms with van der Waals surface area (Å²) in [7, 11) is 3.14. The third kappa shape index (κ3) is 5.25. The highest BCUT2D eigenvalue weighted by Gasteiger charge is 2.34. The second-order valence-electron chi connectivity index (χ2n) is 7.34. The smallest absolute Gasteiger partial charge is 0.306 e. The van der Waals surface area contributed by atoms with Crippen LogP contribution in [0.2, 0.25) is 0 Å². The zero-order chi connectivity index (χ0) is 23.2. The van der Waals surface area contributed by atoms with Gasteiger partial charge in [0.1, 0.15) is 5.76 Å². The molecule has 8 nitrogen and oxygen atoms in total. The normalized spacial score (nSPS) is 15.3.